The maximum atomic E-state index is 6.30. The predicted molar refractivity (Wildman–Crippen MR) is 88.6 cm³/mol. The van der Waals surface area contributed by atoms with Crippen LogP contribution in [0.3, 0.4) is 0 Å². The van der Waals surface area contributed by atoms with Crippen molar-refractivity contribution in [3.8, 4) is 0 Å². The van der Waals surface area contributed by atoms with Crippen LogP contribution in [-0.2, 0) is 6.42 Å². The van der Waals surface area contributed by atoms with E-state index in [0.717, 1.165) is 29.1 Å². The Morgan fingerprint density at radius 1 is 1.29 bits per heavy atom. The summed E-state index contributed by atoms with van der Waals surface area (Å²) >= 11 is 12.3. The number of fused-ring (bicyclic) bond motifs is 2. The number of hydrazine groups is 1. The van der Waals surface area contributed by atoms with Gasteiger partial charge in [0.05, 0.1) is 0 Å². The van der Waals surface area contributed by atoms with Crippen LogP contribution in [0.4, 0.5) is 0 Å². The van der Waals surface area contributed by atoms with Crippen molar-refractivity contribution in [1.82, 2.24) is 10.3 Å². The second-order valence-electron chi connectivity index (χ2n) is 6.49. The highest BCUT2D eigenvalue weighted by Crippen LogP contribution is 2.39. The zero-order valence-electron chi connectivity index (χ0n) is 12.4. The van der Waals surface area contributed by atoms with E-state index in [1.54, 1.807) is 0 Å². The smallest absolute Gasteiger partial charge is 0.0453 e. The van der Waals surface area contributed by atoms with Gasteiger partial charge in [-0.1, -0.05) is 29.3 Å². The Balaban J connectivity index is 1.71. The van der Waals surface area contributed by atoms with Gasteiger partial charge in [-0.05, 0) is 62.8 Å². The molecule has 0 aliphatic carbocycles. The van der Waals surface area contributed by atoms with E-state index in [2.05, 4.69) is 17.4 Å². The first-order valence-corrected chi connectivity index (χ1v) is 8.46. The van der Waals surface area contributed by atoms with E-state index in [1.807, 2.05) is 18.2 Å². The normalized spacial score (nSPS) is 30.6. The lowest BCUT2D eigenvalue weighted by Gasteiger charge is -2.39. The maximum absolute atomic E-state index is 6.30. The summed E-state index contributed by atoms with van der Waals surface area (Å²) in [4.78, 5) is 2.55. The molecule has 0 radical (unpaired) electrons. The molecule has 2 bridgehead atoms. The van der Waals surface area contributed by atoms with E-state index in [1.165, 1.54) is 25.7 Å². The minimum absolute atomic E-state index is 0.278. The fourth-order valence-corrected chi connectivity index (χ4v) is 4.55. The topological polar surface area (TPSA) is 41.3 Å². The number of benzene rings is 1. The molecule has 0 aromatic heterocycles. The summed E-state index contributed by atoms with van der Waals surface area (Å²) in [6.07, 6.45) is 5.98. The fraction of sp³-hybridized carbons (Fsp3) is 0.625. The Morgan fingerprint density at radius 3 is 2.52 bits per heavy atom. The van der Waals surface area contributed by atoms with Crippen molar-refractivity contribution >= 4 is 23.2 Å². The molecule has 2 aliphatic heterocycles. The summed E-state index contributed by atoms with van der Waals surface area (Å²) in [7, 11) is 2.26. The minimum atomic E-state index is 0.278. The number of nitrogens with zero attached hydrogens (tertiary/aromatic N) is 1. The Morgan fingerprint density at radius 2 is 1.95 bits per heavy atom. The first kappa shape index (κ1) is 15.6. The predicted octanol–water partition coefficient (Wildman–Crippen LogP) is 3.24. The molecule has 3 rings (SSSR count). The van der Waals surface area contributed by atoms with Crippen LogP contribution in [-0.4, -0.2) is 30.1 Å². The number of hydrogen-bond acceptors (Lipinski definition) is 3. The van der Waals surface area contributed by atoms with E-state index in [-0.39, 0.29) is 6.04 Å². The van der Waals surface area contributed by atoms with Crippen LogP contribution in [0.2, 0.25) is 10.0 Å². The van der Waals surface area contributed by atoms with Gasteiger partial charge in [0.25, 0.3) is 0 Å². The molecule has 3 unspecified atom stereocenters. The molecule has 1 aromatic carbocycles. The van der Waals surface area contributed by atoms with Crippen LogP contribution in [0.5, 0.6) is 0 Å². The van der Waals surface area contributed by atoms with Gasteiger partial charge in [0.1, 0.15) is 0 Å². The van der Waals surface area contributed by atoms with Crippen molar-refractivity contribution in [3.05, 3.63) is 33.8 Å². The number of rotatable bonds is 4. The van der Waals surface area contributed by atoms with E-state index >= 15 is 0 Å². The van der Waals surface area contributed by atoms with Gasteiger partial charge in [-0.25, -0.2) is 0 Å². The highest BCUT2D eigenvalue weighted by atomic mass is 35.5. The molecule has 21 heavy (non-hydrogen) atoms. The highest BCUT2D eigenvalue weighted by molar-refractivity contribution is 6.35. The van der Waals surface area contributed by atoms with Crippen LogP contribution in [0, 0.1) is 5.92 Å². The molecule has 3 nitrogen and oxygen atoms in total. The van der Waals surface area contributed by atoms with E-state index in [0.29, 0.717) is 10.9 Å². The Labute approximate surface area is 136 Å². The molecule has 2 heterocycles. The lowest BCUT2D eigenvalue weighted by Crippen LogP contribution is -2.49. The van der Waals surface area contributed by atoms with E-state index < -0.39 is 0 Å². The first-order valence-electron chi connectivity index (χ1n) is 7.70. The highest BCUT2D eigenvalue weighted by Gasteiger charge is 2.40. The lowest BCUT2D eigenvalue weighted by atomic mass is 9.83. The molecule has 0 spiro atoms. The second kappa shape index (κ2) is 6.43. The monoisotopic (exact) mass is 327 g/mol. The van der Waals surface area contributed by atoms with E-state index in [9.17, 15) is 0 Å². The zero-order chi connectivity index (χ0) is 15.0. The SMILES string of the molecule is CN1C2CCC1CC(C(Cc1ccc(Cl)cc1Cl)NN)C2. The third-order valence-corrected chi connectivity index (χ3v) is 5.96. The summed E-state index contributed by atoms with van der Waals surface area (Å²) in [5, 5.41) is 1.41. The van der Waals surface area contributed by atoms with Gasteiger partial charge in [0.2, 0.25) is 0 Å². The van der Waals surface area contributed by atoms with Gasteiger partial charge in [-0.3, -0.25) is 11.3 Å². The largest absolute Gasteiger partial charge is 0.300 e. The average Bonchev–Trinajstić information content (AvgIpc) is 2.68. The van der Waals surface area contributed by atoms with Gasteiger partial charge < -0.3 is 4.90 Å². The fourth-order valence-electron chi connectivity index (χ4n) is 4.07. The molecule has 2 aliphatic rings. The second-order valence-corrected chi connectivity index (χ2v) is 7.34. The zero-order valence-corrected chi connectivity index (χ0v) is 13.9. The van der Waals surface area contributed by atoms with Crippen molar-refractivity contribution in [2.45, 2.75) is 50.2 Å². The number of piperidine rings is 1. The third-order valence-electron chi connectivity index (χ3n) is 5.37. The van der Waals surface area contributed by atoms with Gasteiger partial charge in [0, 0.05) is 28.2 Å². The maximum Gasteiger partial charge on any atom is 0.0453 e. The van der Waals surface area contributed by atoms with Crippen LogP contribution >= 0.6 is 23.2 Å². The Hall–Kier alpha value is -0.320. The van der Waals surface area contributed by atoms with Crippen molar-refractivity contribution < 1.29 is 0 Å². The van der Waals surface area contributed by atoms with Gasteiger partial charge in [-0.15, -0.1) is 0 Å². The van der Waals surface area contributed by atoms with Crippen molar-refractivity contribution in [3.63, 3.8) is 0 Å². The molecule has 0 saturated carbocycles. The van der Waals surface area contributed by atoms with E-state index in [4.69, 9.17) is 29.0 Å². The molecule has 116 valence electrons. The molecule has 1 aromatic rings. The van der Waals surface area contributed by atoms with Gasteiger partial charge in [-0.2, -0.15) is 0 Å². The molecule has 2 fully saturated rings. The molecule has 0 amide bonds. The van der Waals surface area contributed by atoms with Crippen LogP contribution in [0.15, 0.2) is 18.2 Å². The quantitative estimate of drug-likeness (QED) is 0.659. The standard InChI is InChI=1S/C16H23Cl2N3/c1-21-13-4-5-14(21)7-11(6-13)16(20-19)8-10-2-3-12(17)9-15(10)18/h2-3,9,11,13-14,16,20H,4-8,19H2,1H3. The summed E-state index contributed by atoms with van der Waals surface area (Å²) in [6.45, 7) is 0. The van der Waals surface area contributed by atoms with Crippen LogP contribution in [0.1, 0.15) is 31.2 Å². The summed E-state index contributed by atoms with van der Waals surface area (Å²) in [5.41, 5.74) is 4.16. The third kappa shape index (κ3) is 3.22. The molecular weight excluding hydrogens is 305 g/mol. The number of nitrogens with two attached hydrogens (primary N) is 1. The molecule has 2 saturated heterocycles. The molecule has 3 atom stereocenters. The van der Waals surface area contributed by atoms with Gasteiger partial charge >= 0.3 is 0 Å². The average molecular weight is 328 g/mol. The number of hydrogen-bond donors (Lipinski definition) is 2. The molecular formula is C16H23Cl2N3. The minimum Gasteiger partial charge on any atom is -0.300 e. The Kier molecular flexibility index (Phi) is 4.77. The molecule has 5 heteroatoms. The summed E-state index contributed by atoms with van der Waals surface area (Å²) in [5.74, 6) is 6.47. The number of nitrogens with one attached hydrogen (secondary N) is 1. The van der Waals surface area contributed by atoms with Crippen molar-refractivity contribution in [2.24, 2.45) is 11.8 Å². The van der Waals surface area contributed by atoms with Crippen LogP contribution < -0.4 is 11.3 Å². The molecule has 3 N–H and O–H groups in total. The number of halogens is 2. The Bertz CT molecular complexity index is 494. The van der Waals surface area contributed by atoms with Gasteiger partial charge in [0.15, 0.2) is 0 Å². The van der Waals surface area contributed by atoms with Crippen molar-refractivity contribution in [2.75, 3.05) is 7.05 Å². The summed E-state index contributed by atoms with van der Waals surface area (Å²) in [6, 6.07) is 7.45. The first-order chi connectivity index (χ1) is 10.1. The van der Waals surface area contributed by atoms with Crippen molar-refractivity contribution in [1.29, 1.82) is 0 Å². The lowest BCUT2D eigenvalue weighted by molar-refractivity contribution is 0.112. The van der Waals surface area contributed by atoms with Crippen LogP contribution in [0.25, 0.3) is 0 Å². The summed E-state index contributed by atoms with van der Waals surface area (Å²) < 4.78 is 0.